The summed E-state index contributed by atoms with van der Waals surface area (Å²) in [6.07, 6.45) is 8.22. The van der Waals surface area contributed by atoms with Crippen LogP contribution < -0.4 is 21.3 Å². The van der Waals surface area contributed by atoms with Crippen molar-refractivity contribution in [1.82, 2.24) is 31.2 Å². The summed E-state index contributed by atoms with van der Waals surface area (Å²) >= 11 is 0. The number of aliphatic carboxylic acids is 1. The third-order valence-corrected chi connectivity index (χ3v) is 10.1. The van der Waals surface area contributed by atoms with Crippen LogP contribution in [0.2, 0.25) is 0 Å². The van der Waals surface area contributed by atoms with Crippen LogP contribution in [0.15, 0.2) is 30.6 Å². The van der Waals surface area contributed by atoms with Gasteiger partial charge in [-0.05, 0) is 49.0 Å². The number of aromatic carboxylic acids is 1. The number of carboxylic acid groups (broad SMARTS) is 2. The fourth-order valence-electron chi connectivity index (χ4n) is 6.87. The number of rotatable bonds is 17. The average Bonchev–Trinajstić information content (AvgIpc) is 3.56. The number of pyridine rings is 1. The van der Waals surface area contributed by atoms with Gasteiger partial charge in [0.15, 0.2) is 5.78 Å². The van der Waals surface area contributed by atoms with E-state index in [2.05, 4.69) is 31.0 Å². The lowest BCUT2D eigenvalue weighted by Gasteiger charge is -2.36. The first kappa shape index (κ1) is 45.7. The van der Waals surface area contributed by atoms with E-state index in [1.807, 2.05) is 0 Å². The van der Waals surface area contributed by atoms with E-state index in [1.54, 1.807) is 34.6 Å². The van der Waals surface area contributed by atoms with Crippen LogP contribution in [0.1, 0.15) is 107 Å². The highest BCUT2D eigenvalue weighted by atomic mass is 16.5. The molecule has 3 rings (SSSR count). The molecule has 0 spiro atoms. The Morgan fingerprint density at radius 3 is 2.19 bits per heavy atom. The predicted octanol–water partition coefficient (Wildman–Crippen LogP) is 1.38. The molecule has 1 aromatic heterocycles. The number of hydrogen-bond donors (Lipinski definition) is 6. The van der Waals surface area contributed by atoms with Gasteiger partial charge in [0.05, 0.1) is 24.8 Å². The minimum Gasteiger partial charge on any atom is -0.480 e. The van der Waals surface area contributed by atoms with E-state index in [-0.39, 0.29) is 36.3 Å². The van der Waals surface area contributed by atoms with Crippen molar-refractivity contribution in [2.45, 2.75) is 116 Å². The molecule has 2 aliphatic rings. The number of methoxy groups -OCH3 is 1. The molecule has 0 unspecified atom stereocenters. The van der Waals surface area contributed by atoms with Crippen LogP contribution in [0.5, 0.6) is 0 Å². The third kappa shape index (κ3) is 12.7. The van der Waals surface area contributed by atoms with Gasteiger partial charge in [0.1, 0.15) is 30.2 Å². The van der Waals surface area contributed by atoms with Gasteiger partial charge in [-0.3, -0.25) is 33.8 Å². The van der Waals surface area contributed by atoms with Crippen LogP contribution in [0.3, 0.4) is 0 Å². The summed E-state index contributed by atoms with van der Waals surface area (Å²) < 4.78 is 4.58. The molecular weight excluding hydrogens is 744 g/mol. The minimum absolute atomic E-state index is 0.0573. The number of Topliss-reactive ketones (excluding diaryl/α,β-unsaturated/α-hetero) is 1. The molecule has 1 aromatic rings. The Labute approximate surface area is 330 Å². The number of ether oxygens (including phenoxy) is 1. The summed E-state index contributed by atoms with van der Waals surface area (Å²) in [7, 11) is 1.18. The summed E-state index contributed by atoms with van der Waals surface area (Å²) in [6.45, 7) is 7.74. The largest absolute Gasteiger partial charge is 0.480 e. The molecule has 18 nitrogen and oxygen atoms in total. The molecule has 57 heavy (non-hydrogen) atoms. The fourth-order valence-corrected chi connectivity index (χ4v) is 6.87. The van der Waals surface area contributed by atoms with Crippen LogP contribution in [-0.4, -0.2) is 117 Å². The summed E-state index contributed by atoms with van der Waals surface area (Å²) in [4.78, 5) is 122. The van der Waals surface area contributed by atoms with Crippen molar-refractivity contribution in [3.63, 3.8) is 0 Å². The number of carbonyl (C=O) groups is 9. The number of nitrogens with zero attached hydrogens (tertiary/aromatic N) is 2. The van der Waals surface area contributed by atoms with Gasteiger partial charge in [-0.2, -0.15) is 0 Å². The second kappa shape index (κ2) is 20.5. The SMILES string of the molecule is COC(=O)/C=C/CC[C@H](NC(=O)c1cnccc1C(=O)O)C(=O)N[C@H](C(=O)N1CC(=O)C[C@H]1C(=O)N[C@H](C(=O)N[C@H](C(=O)O)C1CCCCC1)C(C)C)C(C)(C)C. The molecule has 1 saturated carbocycles. The molecule has 0 radical (unpaired) electrons. The van der Waals surface area contributed by atoms with E-state index in [4.69, 9.17) is 0 Å². The molecule has 0 aromatic carbocycles. The van der Waals surface area contributed by atoms with Crippen molar-refractivity contribution in [1.29, 1.82) is 0 Å². The van der Waals surface area contributed by atoms with E-state index in [1.165, 1.54) is 19.4 Å². The second-order valence-electron chi connectivity index (χ2n) is 15.7. The van der Waals surface area contributed by atoms with Crippen LogP contribution in [0.25, 0.3) is 0 Å². The summed E-state index contributed by atoms with van der Waals surface area (Å²) in [5.41, 5.74) is -1.74. The maximum absolute atomic E-state index is 14.3. The van der Waals surface area contributed by atoms with Crippen molar-refractivity contribution in [2.24, 2.45) is 17.3 Å². The van der Waals surface area contributed by atoms with Gasteiger partial charge in [-0.15, -0.1) is 0 Å². The summed E-state index contributed by atoms with van der Waals surface area (Å²) in [5, 5.41) is 29.9. The van der Waals surface area contributed by atoms with Gasteiger partial charge in [0, 0.05) is 24.9 Å². The number of esters is 1. The number of amides is 5. The molecular formula is C39H54N6O12. The molecule has 1 aliphatic heterocycles. The Hall–Kier alpha value is -5.68. The van der Waals surface area contributed by atoms with Crippen LogP contribution >= 0.6 is 0 Å². The molecule has 2 fully saturated rings. The number of aromatic nitrogens is 1. The van der Waals surface area contributed by atoms with Gasteiger partial charge in [-0.1, -0.05) is 60.0 Å². The molecule has 6 N–H and O–H groups in total. The molecule has 2 heterocycles. The first-order valence-electron chi connectivity index (χ1n) is 19.0. The number of allylic oxidation sites excluding steroid dienone is 1. The lowest BCUT2D eigenvalue weighted by Crippen LogP contribution is -2.61. The van der Waals surface area contributed by atoms with Crippen molar-refractivity contribution in [3.8, 4) is 0 Å². The Morgan fingerprint density at radius 1 is 0.947 bits per heavy atom. The lowest BCUT2D eigenvalue weighted by molar-refractivity contribution is -0.146. The normalized spacial score (nSPS) is 18.3. The first-order chi connectivity index (χ1) is 26.8. The van der Waals surface area contributed by atoms with E-state index >= 15 is 0 Å². The highest BCUT2D eigenvalue weighted by Gasteiger charge is 2.46. The van der Waals surface area contributed by atoms with Gasteiger partial charge in [0.25, 0.3) is 5.91 Å². The molecule has 1 aliphatic carbocycles. The van der Waals surface area contributed by atoms with Gasteiger partial charge < -0.3 is 41.1 Å². The van der Waals surface area contributed by atoms with Crippen LogP contribution in [0, 0.1) is 17.3 Å². The van der Waals surface area contributed by atoms with Crippen molar-refractivity contribution in [3.05, 3.63) is 41.7 Å². The average molecular weight is 799 g/mol. The number of likely N-dealkylation sites (tertiary alicyclic amines) is 1. The standard InChI is InChI=1S/C39H54N6O12/c1-21(2)29(35(51)43-30(38(55)56)22-12-8-7-9-13-22)42-34(50)27-18-23(46)20-45(27)36(52)31(39(3,4)5)44-33(49)26(14-10-11-15-28(47)57-6)41-32(48)25-19-40-17-16-24(25)37(53)54/h11,15-17,19,21-22,26-27,29-31H,7-10,12-14,18,20H2,1-6H3,(H,41,48)(H,42,50)(H,43,51)(H,44,49)(H,53,54)(H,55,56)/b15-11+/t26-,27-,29-,30-,31+/m0/s1. The number of ketones is 1. The number of carbonyl (C=O) groups excluding carboxylic acids is 7. The summed E-state index contributed by atoms with van der Waals surface area (Å²) in [6, 6.07) is -5.36. The van der Waals surface area contributed by atoms with E-state index in [0.717, 1.165) is 42.5 Å². The van der Waals surface area contributed by atoms with Gasteiger partial charge in [-0.25, -0.2) is 14.4 Å². The van der Waals surface area contributed by atoms with E-state index in [0.29, 0.717) is 12.8 Å². The van der Waals surface area contributed by atoms with Crippen molar-refractivity contribution < 1.29 is 58.1 Å². The topological polar surface area (TPSA) is 268 Å². The van der Waals surface area contributed by atoms with E-state index in [9.17, 15) is 53.4 Å². The third-order valence-electron chi connectivity index (χ3n) is 10.1. The highest BCUT2D eigenvalue weighted by Crippen LogP contribution is 2.28. The van der Waals surface area contributed by atoms with Gasteiger partial charge >= 0.3 is 17.9 Å². The monoisotopic (exact) mass is 798 g/mol. The lowest BCUT2D eigenvalue weighted by atomic mass is 9.83. The Morgan fingerprint density at radius 2 is 1.61 bits per heavy atom. The highest BCUT2D eigenvalue weighted by molar-refractivity contribution is 6.06. The molecule has 1 saturated heterocycles. The molecule has 0 bridgehead atoms. The zero-order valence-electron chi connectivity index (χ0n) is 33.2. The smallest absolute Gasteiger partial charge is 0.336 e. The molecule has 5 atom stereocenters. The molecule has 5 amide bonds. The Bertz CT molecular complexity index is 1730. The van der Waals surface area contributed by atoms with Crippen molar-refractivity contribution in [2.75, 3.05) is 13.7 Å². The van der Waals surface area contributed by atoms with Crippen LogP contribution in [-0.2, 0) is 38.3 Å². The van der Waals surface area contributed by atoms with E-state index < -0.39 is 101 Å². The minimum atomic E-state index is -1.41. The molecule has 312 valence electrons. The number of hydrogen-bond acceptors (Lipinski definition) is 11. The molecule has 18 heteroatoms. The Kier molecular flexibility index (Phi) is 16.4. The number of carboxylic acids is 2. The van der Waals surface area contributed by atoms with Crippen LogP contribution in [0.4, 0.5) is 0 Å². The second-order valence-corrected chi connectivity index (χ2v) is 15.7. The predicted molar refractivity (Wildman–Crippen MR) is 202 cm³/mol. The quantitative estimate of drug-likeness (QED) is 0.0962. The zero-order valence-corrected chi connectivity index (χ0v) is 33.2. The summed E-state index contributed by atoms with van der Waals surface area (Å²) in [5.74, 6) is -8.63. The van der Waals surface area contributed by atoms with Crippen molar-refractivity contribution >= 4 is 53.2 Å². The maximum atomic E-state index is 14.3. The maximum Gasteiger partial charge on any atom is 0.336 e. The van der Waals surface area contributed by atoms with Gasteiger partial charge in [0.2, 0.25) is 23.6 Å². The zero-order chi connectivity index (χ0) is 42.6. The first-order valence-corrected chi connectivity index (χ1v) is 19.0. The Balaban J connectivity index is 1.85. The number of nitrogens with one attached hydrogen (secondary N) is 4. The fraction of sp³-hybridized carbons (Fsp3) is 0.590.